The number of hydrogen-bond donors (Lipinski definition) is 1. The van der Waals surface area contributed by atoms with Gasteiger partial charge in [0.05, 0.1) is 4.88 Å². The minimum absolute atomic E-state index is 0.00337. The summed E-state index contributed by atoms with van der Waals surface area (Å²) in [6.45, 7) is -1.000. The van der Waals surface area contributed by atoms with Gasteiger partial charge in [0.15, 0.2) is 5.78 Å². The van der Waals surface area contributed by atoms with Gasteiger partial charge in [0, 0.05) is 34.3 Å². The lowest BCUT2D eigenvalue weighted by atomic mass is 10.1. The molecule has 0 fully saturated rings. The Hall–Kier alpha value is -1.80. The van der Waals surface area contributed by atoms with E-state index in [1.165, 1.54) is 17.4 Å². The number of hydrogen-bond acceptors (Lipinski definition) is 4. The molecule has 0 aliphatic carbocycles. The van der Waals surface area contributed by atoms with Gasteiger partial charge in [-0.1, -0.05) is 15.9 Å². The SMILES string of the molecule is Cc1ccc(C(=O)CCC(=O)NCc2cc(Br)ccc2OC(F)F)s1. The number of carbonyl (C=O) groups is 2. The number of rotatable bonds is 8. The van der Waals surface area contributed by atoms with Crippen LogP contribution in [-0.4, -0.2) is 18.3 Å². The van der Waals surface area contributed by atoms with Crippen molar-refractivity contribution >= 4 is 39.0 Å². The molecule has 1 aromatic carbocycles. The van der Waals surface area contributed by atoms with Crippen molar-refractivity contribution in [2.45, 2.75) is 32.9 Å². The van der Waals surface area contributed by atoms with Gasteiger partial charge in [-0.25, -0.2) is 0 Å². The minimum Gasteiger partial charge on any atom is -0.434 e. The van der Waals surface area contributed by atoms with E-state index in [1.807, 2.05) is 13.0 Å². The van der Waals surface area contributed by atoms with Crippen molar-refractivity contribution in [3.8, 4) is 5.75 Å². The number of benzene rings is 1. The van der Waals surface area contributed by atoms with Crippen LogP contribution in [0.25, 0.3) is 0 Å². The second kappa shape index (κ2) is 9.05. The summed E-state index contributed by atoms with van der Waals surface area (Å²) >= 11 is 4.64. The number of ketones is 1. The minimum atomic E-state index is -2.94. The van der Waals surface area contributed by atoms with Gasteiger partial charge < -0.3 is 10.1 Å². The van der Waals surface area contributed by atoms with Crippen LogP contribution in [0.4, 0.5) is 8.78 Å². The van der Waals surface area contributed by atoms with E-state index in [-0.39, 0.29) is 36.8 Å². The van der Waals surface area contributed by atoms with Crippen molar-refractivity contribution in [2.75, 3.05) is 0 Å². The Balaban J connectivity index is 1.87. The first kappa shape index (κ1) is 19.5. The van der Waals surface area contributed by atoms with Gasteiger partial charge in [-0.2, -0.15) is 8.78 Å². The van der Waals surface area contributed by atoms with Crippen LogP contribution in [0, 0.1) is 6.92 Å². The molecule has 0 aliphatic rings. The first-order valence-electron chi connectivity index (χ1n) is 7.44. The maximum atomic E-state index is 12.4. The van der Waals surface area contributed by atoms with Gasteiger partial charge in [0.25, 0.3) is 0 Å². The Bertz CT molecular complexity index is 764. The number of ether oxygens (including phenoxy) is 1. The second-order valence-electron chi connectivity index (χ2n) is 5.24. The van der Waals surface area contributed by atoms with Gasteiger partial charge in [-0.05, 0) is 37.3 Å². The highest BCUT2D eigenvalue weighted by atomic mass is 79.9. The van der Waals surface area contributed by atoms with Crippen molar-refractivity contribution in [3.05, 3.63) is 50.1 Å². The number of alkyl halides is 2. The van der Waals surface area contributed by atoms with Gasteiger partial charge in [-0.3, -0.25) is 9.59 Å². The smallest absolute Gasteiger partial charge is 0.387 e. The van der Waals surface area contributed by atoms with Crippen LogP contribution < -0.4 is 10.1 Å². The van der Waals surface area contributed by atoms with Gasteiger partial charge in [-0.15, -0.1) is 11.3 Å². The van der Waals surface area contributed by atoms with Crippen molar-refractivity contribution < 1.29 is 23.1 Å². The van der Waals surface area contributed by atoms with Crippen molar-refractivity contribution in [2.24, 2.45) is 0 Å². The zero-order valence-corrected chi connectivity index (χ0v) is 15.8. The van der Waals surface area contributed by atoms with Gasteiger partial charge in [0.1, 0.15) is 5.75 Å². The lowest BCUT2D eigenvalue weighted by Gasteiger charge is -2.12. The Kier molecular flexibility index (Phi) is 7.07. The van der Waals surface area contributed by atoms with Gasteiger partial charge in [0.2, 0.25) is 5.91 Å². The van der Waals surface area contributed by atoms with E-state index in [1.54, 1.807) is 18.2 Å². The molecule has 0 radical (unpaired) electrons. The third-order valence-electron chi connectivity index (χ3n) is 3.31. The molecule has 25 heavy (non-hydrogen) atoms. The maximum Gasteiger partial charge on any atom is 0.387 e. The lowest BCUT2D eigenvalue weighted by molar-refractivity contribution is -0.121. The Morgan fingerprint density at radius 2 is 2.00 bits per heavy atom. The molecule has 0 unspecified atom stereocenters. The summed E-state index contributed by atoms with van der Waals surface area (Å²) < 4.78 is 29.9. The predicted molar refractivity (Wildman–Crippen MR) is 95.2 cm³/mol. The average molecular weight is 432 g/mol. The fourth-order valence-corrected chi connectivity index (χ4v) is 3.36. The standard InChI is InChI=1S/C17H16BrF2NO3S/c1-10-2-6-15(25-10)13(22)4-7-16(23)21-9-11-8-12(18)3-5-14(11)24-17(19)20/h2-3,5-6,8,17H,4,7,9H2,1H3,(H,21,23). The predicted octanol–water partition coefficient (Wildman–Crippen LogP) is 4.70. The largest absolute Gasteiger partial charge is 0.434 e. The van der Waals surface area contributed by atoms with Crippen LogP contribution in [0.2, 0.25) is 0 Å². The highest BCUT2D eigenvalue weighted by Gasteiger charge is 2.13. The van der Waals surface area contributed by atoms with Crippen molar-refractivity contribution in [1.82, 2.24) is 5.32 Å². The normalized spacial score (nSPS) is 10.8. The van der Waals surface area contributed by atoms with E-state index >= 15 is 0 Å². The van der Waals surface area contributed by atoms with E-state index in [9.17, 15) is 18.4 Å². The number of Topliss-reactive ketones (excluding diaryl/α,β-unsaturated/α-hetero) is 1. The van der Waals surface area contributed by atoms with E-state index < -0.39 is 6.61 Å². The molecule has 2 aromatic rings. The number of halogens is 3. The Morgan fingerprint density at radius 1 is 1.24 bits per heavy atom. The number of amides is 1. The summed E-state index contributed by atoms with van der Waals surface area (Å²) in [5.41, 5.74) is 0.420. The van der Waals surface area contributed by atoms with Crippen molar-refractivity contribution in [1.29, 1.82) is 0 Å². The van der Waals surface area contributed by atoms with Gasteiger partial charge >= 0.3 is 6.61 Å². The van der Waals surface area contributed by atoms with E-state index in [0.29, 0.717) is 14.9 Å². The molecule has 134 valence electrons. The van der Waals surface area contributed by atoms with Crippen LogP contribution in [-0.2, 0) is 11.3 Å². The van der Waals surface area contributed by atoms with E-state index in [4.69, 9.17) is 0 Å². The highest BCUT2D eigenvalue weighted by molar-refractivity contribution is 9.10. The van der Waals surface area contributed by atoms with E-state index in [0.717, 1.165) is 4.88 Å². The summed E-state index contributed by atoms with van der Waals surface area (Å²) in [7, 11) is 0. The quantitative estimate of drug-likeness (QED) is 0.616. The molecule has 0 bridgehead atoms. The van der Waals surface area contributed by atoms with Crippen LogP contribution in [0.3, 0.4) is 0 Å². The first-order chi connectivity index (χ1) is 11.8. The van der Waals surface area contributed by atoms with Crippen LogP contribution >= 0.6 is 27.3 Å². The zero-order chi connectivity index (χ0) is 18.4. The molecule has 1 amide bonds. The van der Waals surface area contributed by atoms with Crippen LogP contribution in [0.1, 0.15) is 33.0 Å². The summed E-state index contributed by atoms with van der Waals surface area (Å²) in [6.07, 6.45) is 0.138. The van der Waals surface area contributed by atoms with E-state index in [2.05, 4.69) is 26.0 Å². The van der Waals surface area contributed by atoms with Crippen molar-refractivity contribution in [3.63, 3.8) is 0 Å². The topological polar surface area (TPSA) is 55.4 Å². The maximum absolute atomic E-state index is 12.4. The molecule has 1 aromatic heterocycles. The molecule has 1 N–H and O–H groups in total. The Labute approximate surface area is 156 Å². The molecule has 0 spiro atoms. The Morgan fingerprint density at radius 3 is 2.64 bits per heavy atom. The molecule has 0 saturated heterocycles. The first-order valence-corrected chi connectivity index (χ1v) is 9.05. The number of thiophene rings is 1. The summed E-state index contributed by atoms with van der Waals surface area (Å²) in [4.78, 5) is 25.6. The summed E-state index contributed by atoms with van der Waals surface area (Å²) in [6, 6.07) is 8.17. The molecular weight excluding hydrogens is 416 g/mol. The second-order valence-corrected chi connectivity index (χ2v) is 7.44. The molecule has 0 saturated carbocycles. The zero-order valence-electron chi connectivity index (χ0n) is 13.4. The highest BCUT2D eigenvalue weighted by Crippen LogP contribution is 2.25. The lowest BCUT2D eigenvalue weighted by Crippen LogP contribution is -2.23. The molecule has 2 rings (SSSR count). The molecule has 0 atom stereocenters. The average Bonchev–Trinajstić information content (AvgIpc) is 2.99. The fraction of sp³-hybridized carbons (Fsp3) is 0.294. The van der Waals surface area contributed by atoms with Crippen LogP contribution in [0.15, 0.2) is 34.8 Å². The molecule has 8 heteroatoms. The molecule has 4 nitrogen and oxygen atoms in total. The fourth-order valence-electron chi connectivity index (χ4n) is 2.11. The number of carbonyl (C=O) groups excluding carboxylic acids is 2. The van der Waals surface area contributed by atoms with Crippen LogP contribution in [0.5, 0.6) is 5.75 Å². The summed E-state index contributed by atoms with van der Waals surface area (Å²) in [5, 5.41) is 2.62. The molecule has 0 aliphatic heterocycles. The number of nitrogens with one attached hydrogen (secondary N) is 1. The number of aryl methyl sites for hydroxylation is 1. The molecular formula is C17H16BrF2NO3S. The third kappa shape index (κ3) is 6.21. The monoisotopic (exact) mass is 431 g/mol. The third-order valence-corrected chi connectivity index (χ3v) is 4.84. The molecule has 1 heterocycles. The summed E-state index contributed by atoms with van der Waals surface area (Å²) in [5.74, 6) is -0.411.